The summed E-state index contributed by atoms with van der Waals surface area (Å²) in [6.07, 6.45) is 0. The van der Waals surface area contributed by atoms with E-state index in [4.69, 9.17) is 0 Å². The van der Waals surface area contributed by atoms with Gasteiger partial charge in [0.25, 0.3) is 0 Å². The van der Waals surface area contributed by atoms with Crippen molar-refractivity contribution in [3.63, 3.8) is 0 Å². The zero-order chi connectivity index (χ0) is 20.0. The van der Waals surface area contributed by atoms with Crippen LogP contribution in [0.1, 0.15) is 5.56 Å². The molecule has 1 aliphatic heterocycles. The molecule has 1 N–H and O–H groups in total. The minimum Gasteiger partial charge on any atom is -0.365 e. The van der Waals surface area contributed by atoms with E-state index in [1.54, 1.807) is 18.2 Å². The van der Waals surface area contributed by atoms with E-state index in [-0.39, 0.29) is 11.4 Å². The lowest BCUT2D eigenvalue weighted by atomic mass is 10.1. The van der Waals surface area contributed by atoms with Gasteiger partial charge in [0.05, 0.1) is 5.69 Å². The van der Waals surface area contributed by atoms with Crippen LogP contribution in [0.3, 0.4) is 0 Å². The van der Waals surface area contributed by atoms with Crippen LogP contribution in [0.25, 0.3) is 11.3 Å². The Kier molecular flexibility index (Phi) is 4.47. The molecule has 2 aliphatic rings. The third kappa shape index (κ3) is 3.58. The Hall–Kier alpha value is -2.93. The number of hydrogen-bond donors (Lipinski definition) is 1. The molecule has 2 fully saturated rings. The van der Waals surface area contributed by atoms with Crippen molar-refractivity contribution in [1.29, 1.82) is 0 Å². The summed E-state index contributed by atoms with van der Waals surface area (Å²) in [6.45, 7) is 2.45. The molecule has 1 aromatic heterocycles. The quantitative estimate of drug-likeness (QED) is 0.705. The van der Waals surface area contributed by atoms with E-state index < -0.39 is 11.6 Å². The van der Waals surface area contributed by atoms with Gasteiger partial charge in [-0.3, -0.25) is 4.90 Å². The molecule has 2 aromatic carbocycles. The molecule has 7 heteroatoms. The summed E-state index contributed by atoms with van der Waals surface area (Å²) < 4.78 is 41.1. The number of rotatable bonds is 5. The van der Waals surface area contributed by atoms with Gasteiger partial charge in [-0.1, -0.05) is 18.2 Å². The summed E-state index contributed by atoms with van der Waals surface area (Å²) in [5.74, 6) is 0.413. The van der Waals surface area contributed by atoms with Crippen LogP contribution >= 0.6 is 0 Å². The molecular formula is C22H19F3N4. The van der Waals surface area contributed by atoms with Crippen molar-refractivity contribution in [2.75, 3.05) is 18.4 Å². The predicted molar refractivity (Wildman–Crippen MR) is 103 cm³/mol. The fourth-order valence-electron chi connectivity index (χ4n) is 4.24. The van der Waals surface area contributed by atoms with Crippen LogP contribution in [0.4, 0.5) is 19.0 Å². The molecule has 0 radical (unpaired) electrons. The molecule has 1 unspecified atom stereocenters. The Bertz CT molecular complexity index is 1030. The highest BCUT2D eigenvalue weighted by Crippen LogP contribution is 2.47. The molecule has 1 aliphatic carbocycles. The first kappa shape index (κ1) is 18.1. The van der Waals surface area contributed by atoms with Gasteiger partial charge in [0.15, 0.2) is 0 Å². The number of anilines is 1. The minimum atomic E-state index is -0.534. The predicted octanol–water partition coefficient (Wildman–Crippen LogP) is 4.10. The van der Waals surface area contributed by atoms with Gasteiger partial charge >= 0.3 is 0 Å². The van der Waals surface area contributed by atoms with Crippen molar-refractivity contribution in [2.24, 2.45) is 11.8 Å². The maximum absolute atomic E-state index is 13.9. The molecule has 2 heterocycles. The van der Waals surface area contributed by atoms with Crippen LogP contribution < -0.4 is 5.32 Å². The monoisotopic (exact) mass is 396 g/mol. The molecule has 1 saturated carbocycles. The fraction of sp³-hybridized carbons (Fsp3) is 0.273. The molecule has 0 spiro atoms. The van der Waals surface area contributed by atoms with Crippen molar-refractivity contribution >= 4 is 5.82 Å². The van der Waals surface area contributed by atoms with E-state index in [1.807, 2.05) is 12.1 Å². The second-order valence-electron chi connectivity index (χ2n) is 7.71. The first-order valence-corrected chi connectivity index (χ1v) is 9.60. The lowest BCUT2D eigenvalue weighted by Crippen LogP contribution is -2.28. The van der Waals surface area contributed by atoms with Gasteiger partial charge in [-0.2, -0.15) is 0 Å². The Balaban J connectivity index is 1.18. The second-order valence-corrected chi connectivity index (χ2v) is 7.71. The van der Waals surface area contributed by atoms with Gasteiger partial charge < -0.3 is 5.32 Å². The average molecular weight is 396 g/mol. The molecule has 5 rings (SSSR count). The van der Waals surface area contributed by atoms with E-state index in [1.165, 1.54) is 6.07 Å². The highest BCUT2D eigenvalue weighted by atomic mass is 19.1. The number of halogens is 3. The molecule has 3 atom stereocenters. The van der Waals surface area contributed by atoms with E-state index in [2.05, 4.69) is 20.4 Å². The van der Waals surface area contributed by atoms with Gasteiger partial charge in [-0.15, -0.1) is 10.2 Å². The highest BCUT2D eigenvalue weighted by molar-refractivity contribution is 5.60. The molecule has 0 amide bonds. The van der Waals surface area contributed by atoms with Crippen LogP contribution in [0.5, 0.6) is 0 Å². The molecular weight excluding hydrogens is 377 g/mol. The lowest BCUT2D eigenvalue weighted by molar-refractivity contribution is 0.288. The first-order valence-electron chi connectivity index (χ1n) is 9.60. The molecule has 29 heavy (non-hydrogen) atoms. The minimum absolute atomic E-state index is 0.0936. The number of fused-ring (bicyclic) bond motifs is 1. The van der Waals surface area contributed by atoms with Crippen molar-refractivity contribution in [3.8, 4) is 11.3 Å². The summed E-state index contributed by atoms with van der Waals surface area (Å²) >= 11 is 0. The maximum Gasteiger partial charge on any atom is 0.148 e. The molecule has 0 bridgehead atoms. The Morgan fingerprint density at radius 1 is 0.897 bits per heavy atom. The van der Waals surface area contributed by atoms with Crippen molar-refractivity contribution in [3.05, 3.63) is 77.6 Å². The number of benzene rings is 2. The third-order valence-electron chi connectivity index (χ3n) is 5.80. The van der Waals surface area contributed by atoms with Gasteiger partial charge in [0.2, 0.25) is 0 Å². The van der Waals surface area contributed by atoms with Crippen LogP contribution in [0.15, 0.2) is 54.6 Å². The zero-order valence-electron chi connectivity index (χ0n) is 15.5. The number of hydrogen-bond acceptors (Lipinski definition) is 4. The number of nitrogens with zero attached hydrogens (tertiary/aromatic N) is 3. The fourth-order valence-corrected chi connectivity index (χ4v) is 4.24. The van der Waals surface area contributed by atoms with Crippen molar-refractivity contribution < 1.29 is 13.2 Å². The van der Waals surface area contributed by atoms with Gasteiger partial charge in [-0.25, -0.2) is 13.2 Å². The highest BCUT2D eigenvalue weighted by Gasteiger charge is 2.55. The average Bonchev–Trinajstić information content (AvgIpc) is 3.16. The Morgan fingerprint density at radius 3 is 2.41 bits per heavy atom. The normalized spacial score (nSPS) is 23.1. The largest absolute Gasteiger partial charge is 0.365 e. The van der Waals surface area contributed by atoms with Gasteiger partial charge in [-0.05, 0) is 48.2 Å². The van der Waals surface area contributed by atoms with Crippen LogP contribution in [0.2, 0.25) is 0 Å². The zero-order valence-corrected chi connectivity index (χ0v) is 15.5. The topological polar surface area (TPSA) is 41.0 Å². The van der Waals surface area contributed by atoms with E-state index in [0.29, 0.717) is 35.9 Å². The van der Waals surface area contributed by atoms with Crippen LogP contribution in [0, 0.1) is 29.3 Å². The van der Waals surface area contributed by atoms with E-state index >= 15 is 0 Å². The van der Waals surface area contributed by atoms with Gasteiger partial charge in [0.1, 0.15) is 23.3 Å². The number of aromatic nitrogens is 2. The molecule has 148 valence electrons. The number of nitrogens with one attached hydrogen (secondary N) is 1. The summed E-state index contributed by atoms with van der Waals surface area (Å²) in [7, 11) is 0. The molecule has 4 nitrogen and oxygen atoms in total. The molecule has 1 saturated heterocycles. The Labute approximate surface area is 166 Å². The molecule has 3 aromatic rings. The second kappa shape index (κ2) is 7.15. The summed E-state index contributed by atoms with van der Waals surface area (Å²) in [4.78, 5) is 2.27. The summed E-state index contributed by atoms with van der Waals surface area (Å²) in [5.41, 5.74) is 1.11. The lowest BCUT2D eigenvalue weighted by Gasteiger charge is -2.20. The first-order chi connectivity index (χ1) is 14.1. The van der Waals surface area contributed by atoms with Crippen LogP contribution in [-0.4, -0.2) is 34.2 Å². The van der Waals surface area contributed by atoms with Gasteiger partial charge in [0, 0.05) is 36.8 Å². The van der Waals surface area contributed by atoms with E-state index in [0.717, 1.165) is 36.9 Å². The maximum atomic E-state index is 13.9. The Morgan fingerprint density at radius 2 is 1.69 bits per heavy atom. The van der Waals surface area contributed by atoms with E-state index in [9.17, 15) is 13.2 Å². The smallest absolute Gasteiger partial charge is 0.148 e. The summed E-state index contributed by atoms with van der Waals surface area (Å²) in [6, 6.07) is 13.8. The van der Waals surface area contributed by atoms with Crippen molar-refractivity contribution in [2.45, 2.75) is 12.6 Å². The third-order valence-corrected chi connectivity index (χ3v) is 5.80. The van der Waals surface area contributed by atoms with Crippen LogP contribution in [-0.2, 0) is 6.54 Å². The number of piperidine rings is 1. The number of likely N-dealkylation sites (tertiary alicyclic amines) is 1. The standard InChI is InChI=1S/C22H19F3N4/c23-14-5-6-19(25)15(9-14)20-7-8-21(28-27-20)26-22-16-11-29(12-17(16)22)10-13-3-1-2-4-18(13)24/h1-9,16-17,22H,10-12H2,(H,26,28)/t16-,17+,22?. The summed E-state index contributed by atoms with van der Waals surface area (Å²) in [5, 5.41) is 11.5. The van der Waals surface area contributed by atoms with Crippen molar-refractivity contribution in [1.82, 2.24) is 15.1 Å². The SMILES string of the molecule is Fc1ccc(F)c(-c2ccc(NC3[C@H]4CN(Cc5ccccc5F)C[C@@H]34)nn2)c1.